The average Bonchev–Trinajstić information content (AvgIpc) is 2.95. The molecule has 0 aromatic heterocycles. The zero-order valence-corrected chi connectivity index (χ0v) is 16.9. The fraction of sp³-hybridized carbons (Fsp3) is 0.550. The van der Waals surface area contributed by atoms with Crippen LogP contribution in [0.3, 0.4) is 0 Å². The lowest BCUT2D eigenvalue weighted by molar-refractivity contribution is 0.0694. The smallest absolute Gasteiger partial charge is 0.192 e. The molecule has 2 unspecified atom stereocenters. The lowest BCUT2D eigenvalue weighted by Gasteiger charge is -2.38. The summed E-state index contributed by atoms with van der Waals surface area (Å²) in [5.74, 6) is 2.17. The third-order valence-corrected chi connectivity index (χ3v) is 6.77. The standard InChI is InChI=1S/C20H29N3O3S/c1-4-10-21-19(22-13-15-9-11-27(24,25)14-15)23-17-12-20(2,3)26-18-8-6-5-7-16(17)18/h4-8,15,17H,1,9-14H2,2-3H3,(H2,21,22,23). The molecule has 6 nitrogen and oxygen atoms in total. The molecule has 1 fully saturated rings. The van der Waals surface area contributed by atoms with Gasteiger partial charge >= 0.3 is 0 Å². The first-order chi connectivity index (χ1) is 12.8. The van der Waals surface area contributed by atoms with E-state index >= 15 is 0 Å². The maximum absolute atomic E-state index is 11.7. The van der Waals surface area contributed by atoms with E-state index in [9.17, 15) is 8.42 Å². The Balaban J connectivity index is 1.76. The predicted molar refractivity (Wildman–Crippen MR) is 109 cm³/mol. The van der Waals surface area contributed by atoms with Gasteiger partial charge in [-0.05, 0) is 32.3 Å². The number of hydrogen-bond donors (Lipinski definition) is 2. The number of ether oxygens (including phenoxy) is 1. The summed E-state index contributed by atoms with van der Waals surface area (Å²) in [7, 11) is -2.89. The van der Waals surface area contributed by atoms with Gasteiger partial charge in [0.15, 0.2) is 15.8 Å². The van der Waals surface area contributed by atoms with Gasteiger partial charge in [-0.25, -0.2) is 8.42 Å². The Morgan fingerprint density at radius 2 is 2.19 bits per heavy atom. The number of benzene rings is 1. The van der Waals surface area contributed by atoms with E-state index < -0.39 is 9.84 Å². The fourth-order valence-corrected chi connectivity index (χ4v) is 5.50. The summed E-state index contributed by atoms with van der Waals surface area (Å²) in [5.41, 5.74) is 0.822. The molecule has 0 radical (unpaired) electrons. The summed E-state index contributed by atoms with van der Waals surface area (Å²) in [4.78, 5) is 4.66. The molecule has 1 aromatic carbocycles. The van der Waals surface area contributed by atoms with Crippen LogP contribution >= 0.6 is 0 Å². The summed E-state index contributed by atoms with van der Waals surface area (Å²) in [6, 6.07) is 8.10. The third-order valence-electron chi connectivity index (χ3n) is 4.94. The predicted octanol–water partition coefficient (Wildman–Crippen LogP) is 2.44. The summed E-state index contributed by atoms with van der Waals surface area (Å²) in [6.45, 7) is 8.99. The molecule has 3 rings (SSSR count). The molecule has 0 bridgehead atoms. The van der Waals surface area contributed by atoms with Crippen LogP contribution < -0.4 is 15.4 Å². The largest absolute Gasteiger partial charge is 0.487 e. The average molecular weight is 392 g/mol. The van der Waals surface area contributed by atoms with Gasteiger partial charge in [0.2, 0.25) is 0 Å². The second kappa shape index (κ2) is 7.92. The lowest BCUT2D eigenvalue weighted by atomic mass is 9.90. The van der Waals surface area contributed by atoms with Gasteiger partial charge in [0.25, 0.3) is 0 Å². The van der Waals surface area contributed by atoms with Gasteiger partial charge in [-0.2, -0.15) is 0 Å². The Bertz CT molecular complexity index is 818. The van der Waals surface area contributed by atoms with E-state index in [1.165, 1.54) is 0 Å². The molecular formula is C20H29N3O3S. The number of sulfone groups is 1. The minimum Gasteiger partial charge on any atom is -0.487 e. The third kappa shape index (κ3) is 5.25. The summed E-state index contributed by atoms with van der Waals surface area (Å²) in [5, 5.41) is 6.76. The quantitative estimate of drug-likeness (QED) is 0.458. The Hall–Kier alpha value is -2.02. The number of fused-ring (bicyclic) bond motifs is 1. The van der Waals surface area contributed by atoms with Crippen molar-refractivity contribution in [2.24, 2.45) is 10.9 Å². The van der Waals surface area contributed by atoms with Crippen molar-refractivity contribution in [1.82, 2.24) is 10.6 Å². The van der Waals surface area contributed by atoms with Gasteiger partial charge in [-0.3, -0.25) is 4.99 Å². The van der Waals surface area contributed by atoms with Gasteiger partial charge in [0.1, 0.15) is 11.4 Å². The van der Waals surface area contributed by atoms with Gasteiger partial charge in [0.05, 0.1) is 17.5 Å². The summed E-state index contributed by atoms with van der Waals surface area (Å²) in [6.07, 6.45) is 3.27. The first-order valence-corrected chi connectivity index (χ1v) is 11.2. The number of hydrogen-bond acceptors (Lipinski definition) is 4. The summed E-state index contributed by atoms with van der Waals surface area (Å²) >= 11 is 0. The zero-order valence-electron chi connectivity index (χ0n) is 16.1. The maximum atomic E-state index is 11.7. The van der Waals surface area contributed by atoms with E-state index in [-0.39, 0.29) is 29.1 Å². The first kappa shape index (κ1) is 19.7. The van der Waals surface area contributed by atoms with E-state index in [2.05, 4.69) is 42.1 Å². The molecule has 0 saturated carbocycles. The van der Waals surface area contributed by atoms with Crippen molar-refractivity contribution in [3.8, 4) is 5.75 Å². The molecule has 2 aliphatic heterocycles. The number of aliphatic imine (C=N–C) groups is 1. The molecule has 27 heavy (non-hydrogen) atoms. The van der Waals surface area contributed by atoms with Crippen LogP contribution in [-0.2, 0) is 9.84 Å². The highest BCUT2D eigenvalue weighted by Gasteiger charge is 2.34. The van der Waals surface area contributed by atoms with E-state index in [0.717, 1.165) is 17.7 Å². The normalized spacial score (nSPS) is 25.9. The molecule has 2 atom stereocenters. The van der Waals surface area contributed by atoms with Gasteiger partial charge in [-0.1, -0.05) is 24.3 Å². The van der Waals surface area contributed by atoms with Gasteiger partial charge < -0.3 is 15.4 Å². The Morgan fingerprint density at radius 3 is 2.89 bits per heavy atom. The maximum Gasteiger partial charge on any atom is 0.192 e. The highest BCUT2D eigenvalue weighted by Crippen LogP contribution is 2.39. The second-order valence-corrected chi connectivity index (χ2v) is 10.2. The highest BCUT2D eigenvalue weighted by atomic mass is 32.2. The van der Waals surface area contributed by atoms with Crippen LogP contribution in [0.5, 0.6) is 5.75 Å². The van der Waals surface area contributed by atoms with Crippen molar-refractivity contribution < 1.29 is 13.2 Å². The van der Waals surface area contributed by atoms with E-state index in [1.807, 2.05) is 18.2 Å². The molecular weight excluding hydrogens is 362 g/mol. The molecule has 2 aliphatic rings. The molecule has 2 heterocycles. The Kier molecular flexibility index (Phi) is 5.79. The molecule has 1 aromatic rings. The SMILES string of the molecule is C=CCNC(=NCC1CCS(=O)(=O)C1)NC1CC(C)(C)Oc2ccccc21. The van der Waals surface area contributed by atoms with Crippen molar-refractivity contribution in [3.05, 3.63) is 42.5 Å². The number of nitrogens with zero attached hydrogens (tertiary/aromatic N) is 1. The highest BCUT2D eigenvalue weighted by molar-refractivity contribution is 7.91. The van der Waals surface area contributed by atoms with Crippen molar-refractivity contribution in [3.63, 3.8) is 0 Å². The second-order valence-electron chi connectivity index (χ2n) is 7.93. The Labute approximate surface area is 162 Å². The zero-order chi connectivity index (χ0) is 19.5. The number of guanidine groups is 1. The molecule has 0 amide bonds. The van der Waals surface area contributed by atoms with Crippen LogP contribution in [0, 0.1) is 5.92 Å². The molecule has 0 spiro atoms. The number of nitrogens with one attached hydrogen (secondary N) is 2. The van der Waals surface area contributed by atoms with Gasteiger partial charge in [0, 0.05) is 25.1 Å². The van der Waals surface area contributed by atoms with E-state index in [4.69, 9.17) is 4.74 Å². The van der Waals surface area contributed by atoms with Crippen LogP contribution in [0.25, 0.3) is 0 Å². The van der Waals surface area contributed by atoms with Crippen LogP contribution in [0.4, 0.5) is 0 Å². The lowest BCUT2D eigenvalue weighted by Crippen LogP contribution is -2.45. The van der Waals surface area contributed by atoms with Crippen molar-refractivity contribution in [1.29, 1.82) is 0 Å². The van der Waals surface area contributed by atoms with Crippen LogP contribution in [-0.4, -0.2) is 44.6 Å². The van der Waals surface area contributed by atoms with E-state index in [0.29, 0.717) is 25.5 Å². The fourth-order valence-electron chi connectivity index (χ4n) is 3.65. The van der Waals surface area contributed by atoms with Crippen molar-refractivity contribution >= 4 is 15.8 Å². The molecule has 2 N–H and O–H groups in total. The minimum absolute atomic E-state index is 0.0633. The van der Waals surface area contributed by atoms with Crippen molar-refractivity contribution in [2.45, 2.75) is 38.3 Å². The topological polar surface area (TPSA) is 79.8 Å². The summed E-state index contributed by atoms with van der Waals surface area (Å²) < 4.78 is 29.4. The Morgan fingerprint density at radius 1 is 1.41 bits per heavy atom. The molecule has 1 saturated heterocycles. The van der Waals surface area contributed by atoms with Gasteiger partial charge in [-0.15, -0.1) is 6.58 Å². The van der Waals surface area contributed by atoms with Crippen LogP contribution in [0.1, 0.15) is 38.3 Å². The van der Waals surface area contributed by atoms with Crippen LogP contribution in [0.15, 0.2) is 41.9 Å². The monoisotopic (exact) mass is 391 g/mol. The molecule has 148 valence electrons. The first-order valence-electron chi connectivity index (χ1n) is 9.42. The van der Waals surface area contributed by atoms with Crippen molar-refractivity contribution in [2.75, 3.05) is 24.6 Å². The minimum atomic E-state index is -2.89. The number of para-hydroxylation sites is 1. The number of rotatable bonds is 5. The van der Waals surface area contributed by atoms with Crippen LogP contribution in [0.2, 0.25) is 0 Å². The van der Waals surface area contributed by atoms with E-state index in [1.54, 1.807) is 6.08 Å². The molecule has 0 aliphatic carbocycles. The molecule has 7 heteroatoms.